The zero-order valence-corrected chi connectivity index (χ0v) is 12.0. The maximum Gasteiger partial charge on any atom is 0.268 e. The van der Waals surface area contributed by atoms with Gasteiger partial charge in [0.15, 0.2) is 0 Å². The lowest BCUT2D eigenvalue weighted by atomic mass is 10.0. The van der Waals surface area contributed by atoms with E-state index in [1.165, 1.54) is 0 Å². The van der Waals surface area contributed by atoms with E-state index < -0.39 is 0 Å². The monoisotopic (exact) mass is 265 g/mol. The van der Waals surface area contributed by atoms with Crippen LogP contribution in [-0.2, 0) is 11.8 Å². The van der Waals surface area contributed by atoms with Gasteiger partial charge >= 0.3 is 0 Å². The van der Waals surface area contributed by atoms with Gasteiger partial charge in [-0.25, -0.2) is 0 Å². The van der Waals surface area contributed by atoms with Crippen LogP contribution < -0.4 is 5.32 Å². The van der Waals surface area contributed by atoms with Gasteiger partial charge in [0.1, 0.15) is 5.69 Å². The molecule has 0 saturated carbocycles. The highest BCUT2D eigenvalue weighted by Gasteiger charge is 2.25. The van der Waals surface area contributed by atoms with Gasteiger partial charge < -0.3 is 14.6 Å². The minimum absolute atomic E-state index is 0.0224. The topological polar surface area (TPSA) is 46.5 Å². The summed E-state index contributed by atoms with van der Waals surface area (Å²) < 4.78 is 7.17. The predicted molar refractivity (Wildman–Crippen MR) is 74.2 cm³/mol. The number of amides is 1. The van der Waals surface area contributed by atoms with Gasteiger partial charge in [-0.15, -0.1) is 0 Å². The second-order valence-corrected chi connectivity index (χ2v) is 5.73. The van der Waals surface area contributed by atoms with Crippen LogP contribution in [0.5, 0.6) is 0 Å². The molecule has 5 heteroatoms. The maximum absolute atomic E-state index is 12.2. The van der Waals surface area contributed by atoms with E-state index >= 15 is 0 Å². The zero-order valence-electron chi connectivity index (χ0n) is 12.0. The van der Waals surface area contributed by atoms with Crippen LogP contribution in [0.3, 0.4) is 0 Å². The number of aryl methyl sites for hydroxylation is 1. The molecular formula is C14H23N3O2. The van der Waals surface area contributed by atoms with Gasteiger partial charge in [0.25, 0.3) is 5.91 Å². The number of carbonyl (C=O) groups excluding carboxylic acids is 1. The molecule has 1 aliphatic rings. The summed E-state index contributed by atoms with van der Waals surface area (Å²) in [6.45, 7) is 8.38. The molecule has 1 aromatic rings. The molecule has 1 amide bonds. The Morgan fingerprint density at radius 3 is 2.68 bits per heavy atom. The number of nitrogens with zero attached hydrogens (tertiary/aromatic N) is 2. The van der Waals surface area contributed by atoms with Gasteiger partial charge in [-0.2, -0.15) is 0 Å². The van der Waals surface area contributed by atoms with Gasteiger partial charge in [-0.05, 0) is 26.0 Å². The van der Waals surface area contributed by atoms with Gasteiger partial charge in [0.2, 0.25) is 0 Å². The molecule has 0 radical (unpaired) electrons. The standard InChI is InChI=1S/C14H23N3O2/c1-14(2,11-17-7-9-19-10-8-17)15-13(18)12-5-4-6-16(12)3/h4-6H,7-11H2,1-3H3,(H,15,18). The van der Waals surface area contributed by atoms with Gasteiger partial charge in [0, 0.05) is 38.4 Å². The number of aromatic nitrogens is 1. The first kappa shape index (κ1) is 14.1. The van der Waals surface area contributed by atoms with Crippen molar-refractivity contribution in [3.05, 3.63) is 24.0 Å². The number of carbonyl (C=O) groups is 1. The lowest BCUT2D eigenvalue weighted by molar-refractivity contribution is 0.0268. The first-order valence-electron chi connectivity index (χ1n) is 6.72. The molecule has 0 atom stereocenters. The Morgan fingerprint density at radius 1 is 1.42 bits per heavy atom. The van der Waals surface area contributed by atoms with Gasteiger partial charge in [-0.3, -0.25) is 9.69 Å². The molecule has 5 nitrogen and oxygen atoms in total. The Hall–Kier alpha value is -1.33. The number of hydrogen-bond acceptors (Lipinski definition) is 3. The van der Waals surface area contributed by atoms with E-state index in [4.69, 9.17) is 4.74 Å². The van der Waals surface area contributed by atoms with E-state index in [9.17, 15) is 4.79 Å². The predicted octanol–water partition coefficient (Wildman–Crippen LogP) is 0.866. The number of morpholine rings is 1. The molecule has 0 aromatic carbocycles. The van der Waals surface area contributed by atoms with Crippen molar-refractivity contribution < 1.29 is 9.53 Å². The molecule has 1 fully saturated rings. The van der Waals surface area contributed by atoms with E-state index in [1.54, 1.807) is 0 Å². The summed E-state index contributed by atoms with van der Waals surface area (Å²) in [7, 11) is 1.88. The SMILES string of the molecule is Cn1cccc1C(=O)NC(C)(C)CN1CCOCC1. The molecule has 1 N–H and O–H groups in total. The number of nitrogens with one attached hydrogen (secondary N) is 1. The fraction of sp³-hybridized carbons (Fsp3) is 0.643. The first-order valence-corrected chi connectivity index (χ1v) is 6.72. The highest BCUT2D eigenvalue weighted by molar-refractivity contribution is 5.93. The van der Waals surface area contributed by atoms with Crippen LogP contribution in [-0.4, -0.2) is 53.8 Å². The second-order valence-electron chi connectivity index (χ2n) is 5.73. The van der Waals surface area contributed by atoms with Crippen molar-refractivity contribution in [1.29, 1.82) is 0 Å². The van der Waals surface area contributed by atoms with Crippen molar-refractivity contribution in [3.63, 3.8) is 0 Å². The molecule has 1 aromatic heterocycles. The fourth-order valence-electron chi connectivity index (χ4n) is 2.43. The average molecular weight is 265 g/mol. The minimum atomic E-state index is -0.251. The van der Waals surface area contributed by atoms with E-state index in [0.717, 1.165) is 32.8 Å². The quantitative estimate of drug-likeness (QED) is 0.878. The van der Waals surface area contributed by atoms with Crippen LogP contribution in [0.1, 0.15) is 24.3 Å². The van der Waals surface area contributed by atoms with Crippen molar-refractivity contribution in [1.82, 2.24) is 14.8 Å². The van der Waals surface area contributed by atoms with E-state index in [1.807, 2.05) is 29.9 Å². The van der Waals surface area contributed by atoms with Crippen molar-refractivity contribution in [2.24, 2.45) is 7.05 Å². The molecule has 2 rings (SSSR count). The third-order valence-corrected chi connectivity index (χ3v) is 3.35. The average Bonchev–Trinajstić information content (AvgIpc) is 2.75. The summed E-state index contributed by atoms with van der Waals surface area (Å²) in [6, 6.07) is 3.71. The van der Waals surface area contributed by atoms with E-state index in [2.05, 4.69) is 24.1 Å². The zero-order chi connectivity index (χ0) is 13.9. The van der Waals surface area contributed by atoms with Crippen molar-refractivity contribution in [2.45, 2.75) is 19.4 Å². The summed E-state index contributed by atoms with van der Waals surface area (Å²) in [5, 5.41) is 3.10. The van der Waals surface area contributed by atoms with E-state index in [0.29, 0.717) is 5.69 Å². The molecule has 1 saturated heterocycles. The summed E-state index contributed by atoms with van der Waals surface area (Å²) in [5.74, 6) is -0.0224. The van der Waals surface area contributed by atoms with Crippen LogP contribution in [0.25, 0.3) is 0 Å². The van der Waals surface area contributed by atoms with Gasteiger partial charge in [0.05, 0.1) is 13.2 Å². The highest BCUT2D eigenvalue weighted by atomic mass is 16.5. The van der Waals surface area contributed by atoms with Crippen LogP contribution in [0, 0.1) is 0 Å². The maximum atomic E-state index is 12.2. The fourth-order valence-corrected chi connectivity index (χ4v) is 2.43. The third kappa shape index (κ3) is 3.81. The van der Waals surface area contributed by atoms with Crippen LogP contribution in [0.15, 0.2) is 18.3 Å². The van der Waals surface area contributed by atoms with Crippen molar-refractivity contribution in [2.75, 3.05) is 32.8 Å². The normalized spacial score (nSPS) is 17.4. The first-order chi connectivity index (χ1) is 8.98. The van der Waals surface area contributed by atoms with Crippen LogP contribution >= 0.6 is 0 Å². The largest absolute Gasteiger partial charge is 0.379 e. The summed E-state index contributed by atoms with van der Waals surface area (Å²) in [5.41, 5.74) is 0.439. The Bertz CT molecular complexity index is 434. The van der Waals surface area contributed by atoms with Crippen LogP contribution in [0.2, 0.25) is 0 Å². The molecule has 0 unspecified atom stereocenters. The molecule has 0 spiro atoms. The van der Waals surface area contributed by atoms with Gasteiger partial charge in [-0.1, -0.05) is 0 Å². The van der Waals surface area contributed by atoms with E-state index in [-0.39, 0.29) is 11.4 Å². The Morgan fingerprint density at radius 2 is 2.11 bits per heavy atom. The second kappa shape index (κ2) is 5.75. The summed E-state index contributed by atoms with van der Waals surface area (Å²) in [6.07, 6.45) is 1.88. The molecule has 1 aliphatic heterocycles. The summed E-state index contributed by atoms with van der Waals surface area (Å²) in [4.78, 5) is 14.5. The summed E-state index contributed by atoms with van der Waals surface area (Å²) >= 11 is 0. The Kier molecular flexibility index (Phi) is 4.27. The molecule has 2 heterocycles. The Balaban J connectivity index is 1.92. The van der Waals surface area contributed by atoms with Crippen LogP contribution in [0.4, 0.5) is 0 Å². The number of hydrogen-bond donors (Lipinski definition) is 1. The molecule has 0 bridgehead atoms. The number of ether oxygens (including phenoxy) is 1. The molecular weight excluding hydrogens is 242 g/mol. The lowest BCUT2D eigenvalue weighted by Gasteiger charge is -2.35. The highest BCUT2D eigenvalue weighted by Crippen LogP contribution is 2.10. The molecule has 106 valence electrons. The minimum Gasteiger partial charge on any atom is -0.379 e. The number of rotatable bonds is 4. The van der Waals surface area contributed by atoms with Crippen molar-refractivity contribution in [3.8, 4) is 0 Å². The molecule has 19 heavy (non-hydrogen) atoms. The smallest absolute Gasteiger partial charge is 0.268 e. The third-order valence-electron chi connectivity index (χ3n) is 3.35. The lowest BCUT2D eigenvalue weighted by Crippen LogP contribution is -2.53. The molecule has 0 aliphatic carbocycles. The van der Waals surface area contributed by atoms with Crippen molar-refractivity contribution >= 4 is 5.91 Å². The Labute approximate surface area is 114 Å².